The Morgan fingerprint density at radius 1 is 1.08 bits per heavy atom. The van der Waals surface area contributed by atoms with E-state index in [1.54, 1.807) is 6.07 Å². The Balaban J connectivity index is 1.80. The Kier molecular flexibility index (Phi) is 4.81. The van der Waals surface area contributed by atoms with Gasteiger partial charge in [0.1, 0.15) is 0 Å². The summed E-state index contributed by atoms with van der Waals surface area (Å²) in [6.07, 6.45) is 0. The first-order valence-electron chi connectivity index (χ1n) is 8.02. The van der Waals surface area contributed by atoms with Gasteiger partial charge < -0.3 is 10.6 Å². The quantitative estimate of drug-likeness (QED) is 0.728. The molecule has 2 aromatic carbocycles. The van der Waals surface area contributed by atoms with Crippen LogP contribution < -0.4 is 10.6 Å². The second-order valence-electron chi connectivity index (χ2n) is 6.11. The van der Waals surface area contributed by atoms with E-state index in [0.29, 0.717) is 16.4 Å². The Bertz CT molecular complexity index is 947. The SMILES string of the molecule is Cc1ccccc1C(=O)Nc1ccc2sc(NC(=O)C(C)C)nc2c1. The van der Waals surface area contributed by atoms with Crippen molar-refractivity contribution in [2.24, 2.45) is 5.92 Å². The number of hydrogen-bond acceptors (Lipinski definition) is 4. The first-order chi connectivity index (χ1) is 11.9. The number of nitrogens with one attached hydrogen (secondary N) is 2. The van der Waals surface area contributed by atoms with Crippen molar-refractivity contribution in [3.8, 4) is 0 Å². The predicted molar refractivity (Wildman–Crippen MR) is 102 cm³/mol. The summed E-state index contributed by atoms with van der Waals surface area (Å²) in [6, 6.07) is 13.0. The van der Waals surface area contributed by atoms with Crippen LogP contribution >= 0.6 is 11.3 Å². The van der Waals surface area contributed by atoms with Crippen molar-refractivity contribution in [2.45, 2.75) is 20.8 Å². The molecule has 5 nitrogen and oxygen atoms in total. The summed E-state index contributed by atoms with van der Waals surface area (Å²) in [5.41, 5.74) is 2.98. The molecule has 0 saturated carbocycles. The van der Waals surface area contributed by atoms with Crippen LogP contribution in [0.3, 0.4) is 0 Å². The van der Waals surface area contributed by atoms with Crippen LogP contribution in [0.2, 0.25) is 0 Å². The zero-order chi connectivity index (χ0) is 18.0. The van der Waals surface area contributed by atoms with Gasteiger partial charge in [-0.25, -0.2) is 4.98 Å². The van der Waals surface area contributed by atoms with E-state index < -0.39 is 0 Å². The molecular formula is C19H19N3O2S. The molecular weight excluding hydrogens is 334 g/mol. The minimum Gasteiger partial charge on any atom is -0.322 e. The topological polar surface area (TPSA) is 71.1 Å². The molecule has 0 spiro atoms. The average molecular weight is 353 g/mol. The lowest BCUT2D eigenvalue weighted by Crippen LogP contribution is -2.17. The largest absolute Gasteiger partial charge is 0.322 e. The van der Waals surface area contributed by atoms with E-state index in [1.807, 2.05) is 57.2 Å². The van der Waals surface area contributed by atoms with Gasteiger partial charge in [0.05, 0.1) is 10.2 Å². The van der Waals surface area contributed by atoms with Gasteiger partial charge in [0.2, 0.25) is 5.91 Å². The number of amides is 2. The zero-order valence-electron chi connectivity index (χ0n) is 14.3. The molecule has 0 bridgehead atoms. The van der Waals surface area contributed by atoms with Gasteiger partial charge in [-0.1, -0.05) is 43.4 Å². The van der Waals surface area contributed by atoms with Crippen LogP contribution in [0.15, 0.2) is 42.5 Å². The molecule has 1 heterocycles. The molecule has 0 aliphatic heterocycles. The van der Waals surface area contributed by atoms with E-state index in [2.05, 4.69) is 15.6 Å². The van der Waals surface area contributed by atoms with Crippen molar-refractivity contribution in [1.82, 2.24) is 4.98 Å². The van der Waals surface area contributed by atoms with Crippen LogP contribution in [0.5, 0.6) is 0 Å². The normalized spacial score (nSPS) is 10.9. The zero-order valence-corrected chi connectivity index (χ0v) is 15.1. The van der Waals surface area contributed by atoms with Crippen molar-refractivity contribution in [2.75, 3.05) is 10.6 Å². The third-order valence-corrected chi connectivity index (χ3v) is 4.74. The molecule has 0 radical (unpaired) electrons. The molecule has 0 fully saturated rings. The third kappa shape index (κ3) is 3.85. The van der Waals surface area contributed by atoms with Gasteiger partial charge in [-0.05, 0) is 36.8 Å². The van der Waals surface area contributed by atoms with E-state index in [9.17, 15) is 9.59 Å². The lowest BCUT2D eigenvalue weighted by Gasteiger charge is -2.07. The summed E-state index contributed by atoms with van der Waals surface area (Å²) in [5, 5.41) is 6.27. The maximum absolute atomic E-state index is 12.4. The first-order valence-corrected chi connectivity index (χ1v) is 8.84. The maximum Gasteiger partial charge on any atom is 0.255 e. The van der Waals surface area contributed by atoms with E-state index in [-0.39, 0.29) is 17.7 Å². The number of nitrogens with zero attached hydrogens (tertiary/aromatic N) is 1. The second kappa shape index (κ2) is 7.03. The van der Waals surface area contributed by atoms with E-state index in [1.165, 1.54) is 11.3 Å². The number of rotatable bonds is 4. The van der Waals surface area contributed by atoms with Crippen molar-refractivity contribution < 1.29 is 9.59 Å². The highest BCUT2D eigenvalue weighted by Gasteiger charge is 2.12. The molecule has 0 aliphatic rings. The smallest absolute Gasteiger partial charge is 0.255 e. The highest BCUT2D eigenvalue weighted by atomic mass is 32.1. The Hall–Kier alpha value is -2.73. The molecule has 3 aromatic rings. The highest BCUT2D eigenvalue weighted by molar-refractivity contribution is 7.22. The molecule has 1 aromatic heterocycles. The maximum atomic E-state index is 12.4. The fourth-order valence-corrected chi connectivity index (χ4v) is 3.18. The summed E-state index contributed by atoms with van der Waals surface area (Å²) in [7, 11) is 0. The number of anilines is 2. The van der Waals surface area contributed by atoms with Gasteiger partial charge in [0, 0.05) is 17.2 Å². The van der Waals surface area contributed by atoms with Crippen LogP contribution in [-0.2, 0) is 4.79 Å². The Labute approximate surface area is 150 Å². The molecule has 0 saturated heterocycles. The van der Waals surface area contributed by atoms with Crippen LogP contribution in [0.25, 0.3) is 10.2 Å². The second-order valence-corrected chi connectivity index (χ2v) is 7.15. The number of thiazole rings is 1. The molecule has 0 aliphatic carbocycles. The number of aromatic nitrogens is 1. The number of aryl methyl sites for hydroxylation is 1. The lowest BCUT2D eigenvalue weighted by molar-refractivity contribution is -0.118. The van der Waals surface area contributed by atoms with Crippen molar-refractivity contribution in [1.29, 1.82) is 0 Å². The van der Waals surface area contributed by atoms with Gasteiger partial charge in [0.15, 0.2) is 5.13 Å². The first kappa shape index (κ1) is 17.1. The molecule has 25 heavy (non-hydrogen) atoms. The van der Waals surface area contributed by atoms with Crippen molar-refractivity contribution >= 4 is 44.2 Å². The molecule has 2 N–H and O–H groups in total. The molecule has 2 amide bonds. The summed E-state index contributed by atoms with van der Waals surface area (Å²) in [4.78, 5) is 28.6. The summed E-state index contributed by atoms with van der Waals surface area (Å²) < 4.78 is 0.952. The Morgan fingerprint density at radius 2 is 1.84 bits per heavy atom. The summed E-state index contributed by atoms with van der Waals surface area (Å²) in [6.45, 7) is 5.58. The summed E-state index contributed by atoms with van der Waals surface area (Å²) >= 11 is 1.41. The van der Waals surface area contributed by atoms with E-state index in [4.69, 9.17) is 0 Å². The fraction of sp³-hybridized carbons (Fsp3) is 0.211. The molecule has 6 heteroatoms. The van der Waals surface area contributed by atoms with Gasteiger partial charge in [-0.3, -0.25) is 9.59 Å². The van der Waals surface area contributed by atoms with Crippen LogP contribution in [-0.4, -0.2) is 16.8 Å². The minimum atomic E-state index is -0.152. The number of benzene rings is 2. The monoisotopic (exact) mass is 353 g/mol. The average Bonchev–Trinajstić information content (AvgIpc) is 2.96. The molecule has 3 rings (SSSR count). The van der Waals surface area contributed by atoms with Gasteiger partial charge >= 0.3 is 0 Å². The molecule has 0 atom stereocenters. The molecule has 0 unspecified atom stereocenters. The third-order valence-electron chi connectivity index (χ3n) is 3.79. The van der Waals surface area contributed by atoms with Crippen LogP contribution in [0.1, 0.15) is 29.8 Å². The van der Waals surface area contributed by atoms with Gasteiger partial charge in [-0.2, -0.15) is 0 Å². The standard InChI is InChI=1S/C19H19N3O2S/c1-11(2)17(23)22-19-21-15-10-13(8-9-16(15)25-19)20-18(24)14-7-5-4-6-12(14)3/h4-11H,1-3H3,(H,20,24)(H,21,22,23). The van der Waals surface area contributed by atoms with E-state index in [0.717, 1.165) is 15.8 Å². The van der Waals surface area contributed by atoms with E-state index >= 15 is 0 Å². The van der Waals surface area contributed by atoms with Gasteiger partial charge in [0.25, 0.3) is 5.91 Å². The number of fused-ring (bicyclic) bond motifs is 1. The summed E-state index contributed by atoms with van der Waals surface area (Å²) in [5.74, 6) is -0.316. The lowest BCUT2D eigenvalue weighted by atomic mass is 10.1. The van der Waals surface area contributed by atoms with Crippen molar-refractivity contribution in [3.63, 3.8) is 0 Å². The predicted octanol–water partition coefficient (Wildman–Crippen LogP) is 4.45. The minimum absolute atomic E-state index is 0.0628. The number of hydrogen-bond donors (Lipinski definition) is 2. The number of carbonyl (C=O) groups is 2. The highest BCUT2D eigenvalue weighted by Crippen LogP contribution is 2.28. The number of carbonyl (C=O) groups excluding carboxylic acids is 2. The molecule has 128 valence electrons. The van der Waals surface area contributed by atoms with Crippen LogP contribution in [0, 0.1) is 12.8 Å². The van der Waals surface area contributed by atoms with Gasteiger partial charge in [-0.15, -0.1) is 0 Å². The van der Waals surface area contributed by atoms with Crippen LogP contribution in [0.4, 0.5) is 10.8 Å². The van der Waals surface area contributed by atoms with Crippen molar-refractivity contribution in [3.05, 3.63) is 53.6 Å². The Morgan fingerprint density at radius 3 is 2.56 bits per heavy atom. The fourth-order valence-electron chi connectivity index (χ4n) is 2.33.